The Kier molecular flexibility index (Phi) is 5.00. The minimum Gasteiger partial charge on any atom is -0.337 e. The summed E-state index contributed by atoms with van der Waals surface area (Å²) in [6.45, 7) is 2.27. The van der Waals surface area contributed by atoms with Crippen LogP contribution in [0, 0.1) is 6.92 Å². The Hall–Kier alpha value is -2.54. The van der Waals surface area contributed by atoms with Crippen LogP contribution in [-0.2, 0) is 17.8 Å². The van der Waals surface area contributed by atoms with E-state index in [1.165, 1.54) is 0 Å². The van der Waals surface area contributed by atoms with Gasteiger partial charge in [0.15, 0.2) is 0 Å². The van der Waals surface area contributed by atoms with Crippen LogP contribution in [0.1, 0.15) is 22.9 Å². The minimum atomic E-state index is 0.0438. The van der Waals surface area contributed by atoms with E-state index in [-0.39, 0.29) is 5.91 Å². The van der Waals surface area contributed by atoms with Crippen molar-refractivity contribution in [2.24, 2.45) is 0 Å². The Balaban J connectivity index is 1.56. The summed E-state index contributed by atoms with van der Waals surface area (Å²) in [6, 6.07) is 9.61. The van der Waals surface area contributed by atoms with Crippen LogP contribution in [0.25, 0.3) is 11.4 Å². The van der Waals surface area contributed by atoms with E-state index >= 15 is 0 Å². The van der Waals surface area contributed by atoms with Crippen LogP contribution in [0.2, 0.25) is 0 Å². The van der Waals surface area contributed by atoms with Gasteiger partial charge in [0, 0.05) is 23.9 Å². The van der Waals surface area contributed by atoms with Gasteiger partial charge in [-0.3, -0.25) is 4.79 Å². The second-order valence-electron chi connectivity index (χ2n) is 5.49. The van der Waals surface area contributed by atoms with Gasteiger partial charge in [-0.05, 0) is 13.3 Å². The van der Waals surface area contributed by atoms with Crippen molar-refractivity contribution in [3.05, 3.63) is 52.3 Å². The smallest absolute Gasteiger partial charge is 0.246 e. The molecule has 7 heteroatoms. The van der Waals surface area contributed by atoms with E-state index in [9.17, 15) is 4.79 Å². The van der Waals surface area contributed by atoms with Gasteiger partial charge >= 0.3 is 0 Å². The fraction of sp³-hybridized carbons (Fsp3) is 0.294. The lowest BCUT2D eigenvalue weighted by molar-refractivity contribution is -0.130. The summed E-state index contributed by atoms with van der Waals surface area (Å²) in [5, 5.41) is 3.97. The van der Waals surface area contributed by atoms with Crippen molar-refractivity contribution in [3.8, 4) is 11.4 Å². The zero-order chi connectivity index (χ0) is 16.9. The number of aromatic nitrogens is 3. The SMILES string of the molecule is Cc1ncsc1CCC(=O)N(C)Cc1nc(-c2ccccc2)no1. The van der Waals surface area contributed by atoms with Crippen molar-refractivity contribution in [2.75, 3.05) is 7.05 Å². The van der Waals surface area contributed by atoms with E-state index < -0.39 is 0 Å². The van der Waals surface area contributed by atoms with Gasteiger partial charge in [0.25, 0.3) is 0 Å². The van der Waals surface area contributed by atoms with Gasteiger partial charge in [0.1, 0.15) is 0 Å². The number of carbonyl (C=O) groups is 1. The van der Waals surface area contributed by atoms with Crippen molar-refractivity contribution in [2.45, 2.75) is 26.3 Å². The molecule has 1 aromatic carbocycles. The number of benzene rings is 1. The Bertz CT molecular complexity index is 813. The third-order valence-corrected chi connectivity index (χ3v) is 4.70. The highest BCUT2D eigenvalue weighted by Gasteiger charge is 2.15. The molecule has 0 aliphatic heterocycles. The Morgan fingerprint density at radius 1 is 1.29 bits per heavy atom. The first-order valence-electron chi connectivity index (χ1n) is 7.64. The molecule has 0 atom stereocenters. The standard InChI is InChI=1S/C17H18N4O2S/c1-12-14(24-11-18-12)8-9-16(22)21(2)10-15-19-17(20-23-15)13-6-4-3-5-7-13/h3-7,11H,8-10H2,1-2H3. The molecule has 0 fully saturated rings. The first kappa shape index (κ1) is 16.3. The van der Waals surface area contributed by atoms with Gasteiger partial charge in [0.2, 0.25) is 17.6 Å². The normalized spacial score (nSPS) is 10.8. The number of rotatable bonds is 6. The zero-order valence-electron chi connectivity index (χ0n) is 13.6. The molecule has 24 heavy (non-hydrogen) atoms. The summed E-state index contributed by atoms with van der Waals surface area (Å²) >= 11 is 1.59. The van der Waals surface area contributed by atoms with Crippen molar-refractivity contribution < 1.29 is 9.32 Å². The second kappa shape index (κ2) is 7.35. The third-order valence-electron chi connectivity index (χ3n) is 3.71. The fourth-order valence-corrected chi connectivity index (χ4v) is 3.07. The molecule has 0 saturated carbocycles. The van der Waals surface area contributed by atoms with Gasteiger partial charge in [-0.2, -0.15) is 4.98 Å². The monoisotopic (exact) mass is 342 g/mol. The van der Waals surface area contributed by atoms with Gasteiger partial charge in [-0.1, -0.05) is 35.5 Å². The number of hydrogen-bond donors (Lipinski definition) is 0. The lowest BCUT2D eigenvalue weighted by Gasteiger charge is -2.14. The zero-order valence-corrected chi connectivity index (χ0v) is 14.4. The lowest BCUT2D eigenvalue weighted by Crippen LogP contribution is -2.26. The largest absolute Gasteiger partial charge is 0.337 e. The highest BCUT2D eigenvalue weighted by Crippen LogP contribution is 2.17. The van der Waals surface area contributed by atoms with E-state index in [0.717, 1.165) is 16.1 Å². The molecule has 3 aromatic rings. The van der Waals surface area contributed by atoms with Gasteiger partial charge in [-0.25, -0.2) is 4.98 Å². The molecule has 0 N–H and O–H groups in total. The molecule has 3 rings (SSSR count). The number of hydrogen-bond acceptors (Lipinski definition) is 6. The Morgan fingerprint density at radius 3 is 2.79 bits per heavy atom. The van der Waals surface area contributed by atoms with E-state index in [4.69, 9.17) is 4.52 Å². The highest BCUT2D eigenvalue weighted by atomic mass is 32.1. The average Bonchev–Trinajstić information content (AvgIpc) is 3.22. The molecule has 6 nitrogen and oxygen atoms in total. The Labute approximate surface area is 144 Å². The summed E-state index contributed by atoms with van der Waals surface area (Å²) in [4.78, 5) is 23.6. The maximum absolute atomic E-state index is 12.3. The van der Waals surface area contributed by atoms with Crippen LogP contribution in [0.4, 0.5) is 0 Å². The first-order chi connectivity index (χ1) is 11.6. The van der Waals surface area contributed by atoms with Gasteiger partial charge in [-0.15, -0.1) is 11.3 Å². The van der Waals surface area contributed by atoms with Gasteiger partial charge < -0.3 is 9.42 Å². The molecule has 124 valence electrons. The predicted molar refractivity (Wildman–Crippen MR) is 91.4 cm³/mol. The maximum Gasteiger partial charge on any atom is 0.246 e. The maximum atomic E-state index is 12.3. The van der Waals surface area contributed by atoms with E-state index in [2.05, 4.69) is 15.1 Å². The summed E-state index contributed by atoms with van der Waals surface area (Å²) in [6.07, 6.45) is 1.15. The predicted octanol–water partition coefficient (Wildman–Crippen LogP) is 3.09. The molecular formula is C17H18N4O2S. The lowest BCUT2D eigenvalue weighted by atomic mass is 10.2. The molecule has 0 bridgehead atoms. The number of thiazole rings is 1. The highest BCUT2D eigenvalue weighted by molar-refractivity contribution is 7.09. The van der Waals surface area contributed by atoms with Crippen LogP contribution in [0.5, 0.6) is 0 Å². The summed E-state index contributed by atoms with van der Waals surface area (Å²) < 4.78 is 5.25. The van der Waals surface area contributed by atoms with Crippen LogP contribution in [-0.4, -0.2) is 33.0 Å². The molecule has 2 aromatic heterocycles. The van der Waals surface area contributed by atoms with E-state index in [1.807, 2.05) is 42.8 Å². The number of carbonyl (C=O) groups excluding carboxylic acids is 1. The molecule has 1 amide bonds. The quantitative estimate of drug-likeness (QED) is 0.688. The summed E-state index contributed by atoms with van der Waals surface area (Å²) in [5.74, 6) is 1.01. The van der Waals surface area contributed by atoms with Crippen LogP contribution in [0.15, 0.2) is 40.4 Å². The van der Waals surface area contributed by atoms with E-state index in [0.29, 0.717) is 31.1 Å². The number of aryl methyl sites for hydroxylation is 2. The molecule has 0 aliphatic carbocycles. The third kappa shape index (κ3) is 3.86. The first-order valence-corrected chi connectivity index (χ1v) is 8.52. The second-order valence-corrected chi connectivity index (χ2v) is 6.43. The van der Waals surface area contributed by atoms with Crippen LogP contribution >= 0.6 is 11.3 Å². The van der Waals surface area contributed by atoms with Crippen molar-refractivity contribution >= 4 is 17.2 Å². The summed E-state index contributed by atoms with van der Waals surface area (Å²) in [5.41, 5.74) is 3.70. The van der Waals surface area contributed by atoms with Crippen molar-refractivity contribution in [1.82, 2.24) is 20.0 Å². The fourth-order valence-electron chi connectivity index (χ4n) is 2.29. The van der Waals surface area contributed by atoms with Crippen LogP contribution in [0.3, 0.4) is 0 Å². The molecule has 0 saturated heterocycles. The molecule has 0 radical (unpaired) electrons. The molecule has 0 spiro atoms. The molecular weight excluding hydrogens is 324 g/mol. The average molecular weight is 342 g/mol. The molecule has 0 aliphatic rings. The topological polar surface area (TPSA) is 72.1 Å². The Morgan fingerprint density at radius 2 is 2.08 bits per heavy atom. The molecule has 0 unspecified atom stereocenters. The number of amides is 1. The summed E-state index contributed by atoms with van der Waals surface area (Å²) in [7, 11) is 1.74. The number of nitrogens with zero attached hydrogens (tertiary/aromatic N) is 4. The van der Waals surface area contributed by atoms with Crippen molar-refractivity contribution in [1.29, 1.82) is 0 Å². The van der Waals surface area contributed by atoms with E-state index in [1.54, 1.807) is 23.3 Å². The van der Waals surface area contributed by atoms with Gasteiger partial charge in [0.05, 0.1) is 17.7 Å². The minimum absolute atomic E-state index is 0.0438. The van der Waals surface area contributed by atoms with Crippen LogP contribution < -0.4 is 0 Å². The molecule has 2 heterocycles. The van der Waals surface area contributed by atoms with Crippen molar-refractivity contribution in [3.63, 3.8) is 0 Å².